The number of rotatable bonds is 6. The number of benzene rings is 2. The zero-order valence-electron chi connectivity index (χ0n) is 14.7. The average Bonchev–Trinajstić information content (AvgIpc) is 2.59. The van der Waals surface area contributed by atoms with Gasteiger partial charge in [0, 0.05) is 10.0 Å². The maximum atomic E-state index is 12.5. The predicted molar refractivity (Wildman–Crippen MR) is 110 cm³/mol. The first-order chi connectivity index (χ1) is 13.0. The minimum atomic E-state index is -3.83. The molecule has 0 atom stereocenters. The third-order valence-corrected chi connectivity index (χ3v) is 5.39. The SMILES string of the molecule is COC(=O)c1ccc(Cl)c(NC(=O)CN(c2cc(Cl)cc(Cl)c2)S(C)(=O)=O)c1. The maximum absolute atomic E-state index is 12.5. The minimum absolute atomic E-state index is 0.129. The summed E-state index contributed by atoms with van der Waals surface area (Å²) < 4.78 is 29.8. The third-order valence-electron chi connectivity index (χ3n) is 3.48. The zero-order valence-corrected chi connectivity index (χ0v) is 17.8. The number of hydrogen-bond acceptors (Lipinski definition) is 5. The Bertz CT molecular complexity index is 1010. The molecule has 150 valence electrons. The molecule has 0 aliphatic heterocycles. The molecule has 11 heteroatoms. The Hall–Kier alpha value is -2.00. The van der Waals surface area contributed by atoms with Gasteiger partial charge in [0.25, 0.3) is 0 Å². The molecular formula is C17H15Cl3N2O5S. The van der Waals surface area contributed by atoms with E-state index in [9.17, 15) is 18.0 Å². The lowest BCUT2D eigenvalue weighted by molar-refractivity contribution is -0.114. The maximum Gasteiger partial charge on any atom is 0.337 e. The van der Waals surface area contributed by atoms with Crippen molar-refractivity contribution >= 4 is 68.1 Å². The molecule has 0 fully saturated rings. The molecule has 0 aliphatic carbocycles. The second-order valence-corrected chi connectivity index (χ2v) is 8.82. The molecule has 0 bridgehead atoms. The lowest BCUT2D eigenvalue weighted by Crippen LogP contribution is -2.37. The number of esters is 1. The first-order valence-electron chi connectivity index (χ1n) is 7.63. The van der Waals surface area contributed by atoms with E-state index >= 15 is 0 Å². The Morgan fingerprint density at radius 2 is 1.68 bits per heavy atom. The average molecular weight is 466 g/mol. The normalized spacial score (nSPS) is 11.0. The number of halogens is 3. The molecule has 7 nitrogen and oxygen atoms in total. The highest BCUT2D eigenvalue weighted by molar-refractivity contribution is 7.92. The number of sulfonamides is 1. The van der Waals surface area contributed by atoms with Gasteiger partial charge in [-0.05, 0) is 36.4 Å². The standard InChI is InChI=1S/C17H15Cl3N2O5S/c1-27-17(24)10-3-4-14(20)15(5-10)21-16(23)9-22(28(2,25)26)13-7-11(18)6-12(19)8-13/h3-8H,9H2,1-2H3,(H,21,23). The highest BCUT2D eigenvalue weighted by Gasteiger charge is 2.22. The van der Waals surface area contributed by atoms with Crippen LogP contribution < -0.4 is 9.62 Å². The topological polar surface area (TPSA) is 92.8 Å². The summed E-state index contributed by atoms with van der Waals surface area (Å²) in [6, 6.07) is 8.34. The van der Waals surface area contributed by atoms with Crippen LogP contribution in [0.2, 0.25) is 15.1 Å². The van der Waals surface area contributed by atoms with Crippen molar-refractivity contribution in [1.29, 1.82) is 0 Å². The van der Waals surface area contributed by atoms with Crippen LogP contribution in [-0.4, -0.2) is 40.2 Å². The van der Waals surface area contributed by atoms with Crippen molar-refractivity contribution < 1.29 is 22.7 Å². The first kappa shape index (κ1) is 22.3. The molecule has 2 aromatic rings. The third kappa shape index (κ3) is 5.75. The molecule has 1 N–H and O–H groups in total. The number of amides is 1. The van der Waals surface area contributed by atoms with Crippen molar-refractivity contribution in [2.45, 2.75) is 0 Å². The molecule has 0 radical (unpaired) electrons. The number of hydrogen-bond donors (Lipinski definition) is 1. The molecule has 0 aliphatic rings. The highest BCUT2D eigenvalue weighted by atomic mass is 35.5. The summed E-state index contributed by atoms with van der Waals surface area (Å²) in [5, 5.41) is 3.07. The number of anilines is 2. The second kappa shape index (κ2) is 9.00. The Morgan fingerprint density at radius 1 is 1.07 bits per heavy atom. The van der Waals surface area contributed by atoms with E-state index in [4.69, 9.17) is 34.8 Å². The fourth-order valence-corrected chi connectivity index (χ4v) is 3.79. The largest absolute Gasteiger partial charge is 0.465 e. The summed E-state index contributed by atoms with van der Waals surface area (Å²) in [6.45, 7) is -0.561. The lowest BCUT2D eigenvalue weighted by atomic mass is 10.2. The van der Waals surface area contributed by atoms with Crippen LogP contribution in [0.15, 0.2) is 36.4 Å². The molecule has 0 unspecified atom stereocenters. The molecule has 0 heterocycles. The van der Waals surface area contributed by atoms with Gasteiger partial charge in [0.1, 0.15) is 6.54 Å². The summed E-state index contributed by atoms with van der Waals surface area (Å²) in [6.07, 6.45) is 0.944. The Kier molecular flexibility index (Phi) is 7.16. The Labute approximate surface area is 177 Å². The van der Waals surface area contributed by atoms with Crippen LogP contribution in [-0.2, 0) is 19.6 Å². The van der Waals surface area contributed by atoms with Gasteiger partial charge in [-0.1, -0.05) is 34.8 Å². The molecule has 0 aromatic heterocycles. The zero-order chi connectivity index (χ0) is 21.1. The van der Waals surface area contributed by atoms with Crippen molar-refractivity contribution in [1.82, 2.24) is 0 Å². The summed E-state index contributed by atoms with van der Waals surface area (Å²) in [5.41, 5.74) is 0.431. The van der Waals surface area contributed by atoms with Gasteiger partial charge >= 0.3 is 5.97 Å². The van der Waals surface area contributed by atoms with Gasteiger partial charge in [0.05, 0.1) is 35.3 Å². The van der Waals surface area contributed by atoms with E-state index in [1.165, 1.54) is 43.5 Å². The number of carbonyl (C=O) groups is 2. The smallest absolute Gasteiger partial charge is 0.337 e. The van der Waals surface area contributed by atoms with E-state index in [-0.39, 0.29) is 32.0 Å². The van der Waals surface area contributed by atoms with Gasteiger partial charge in [-0.2, -0.15) is 0 Å². The molecule has 0 saturated carbocycles. The van der Waals surface area contributed by atoms with Crippen LogP contribution in [0.1, 0.15) is 10.4 Å². The summed E-state index contributed by atoms with van der Waals surface area (Å²) in [5.74, 6) is -1.30. The number of nitrogens with zero attached hydrogens (tertiary/aromatic N) is 1. The molecule has 0 saturated heterocycles. The Balaban J connectivity index is 2.29. The fraction of sp³-hybridized carbons (Fsp3) is 0.176. The van der Waals surface area contributed by atoms with Crippen LogP contribution in [0.5, 0.6) is 0 Å². The lowest BCUT2D eigenvalue weighted by Gasteiger charge is -2.22. The number of methoxy groups -OCH3 is 1. The van der Waals surface area contributed by atoms with Gasteiger partial charge in [-0.25, -0.2) is 13.2 Å². The van der Waals surface area contributed by atoms with E-state index in [1.54, 1.807) is 0 Å². The number of nitrogens with one attached hydrogen (secondary N) is 1. The van der Waals surface area contributed by atoms with E-state index < -0.39 is 28.4 Å². The van der Waals surface area contributed by atoms with Crippen LogP contribution in [0.3, 0.4) is 0 Å². The van der Waals surface area contributed by atoms with Crippen LogP contribution >= 0.6 is 34.8 Å². The molecule has 2 rings (SSSR count). The first-order valence-corrected chi connectivity index (χ1v) is 10.6. The van der Waals surface area contributed by atoms with Crippen molar-refractivity contribution in [2.75, 3.05) is 29.5 Å². The molecule has 1 amide bonds. The van der Waals surface area contributed by atoms with Crippen molar-refractivity contribution in [2.24, 2.45) is 0 Å². The highest BCUT2D eigenvalue weighted by Crippen LogP contribution is 2.28. The van der Waals surface area contributed by atoms with Crippen LogP contribution in [0, 0.1) is 0 Å². The molecule has 28 heavy (non-hydrogen) atoms. The van der Waals surface area contributed by atoms with E-state index in [0.717, 1.165) is 10.6 Å². The van der Waals surface area contributed by atoms with Crippen molar-refractivity contribution in [3.8, 4) is 0 Å². The minimum Gasteiger partial charge on any atom is -0.465 e. The molecule has 2 aromatic carbocycles. The van der Waals surface area contributed by atoms with E-state index in [0.29, 0.717) is 0 Å². The summed E-state index contributed by atoms with van der Waals surface area (Å²) >= 11 is 17.9. The predicted octanol–water partition coefficient (Wildman–Crippen LogP) is 3.84. The van der Waals surface area contributed by atoms with Crippen molar-refractivity contribution in [3.05, 3.63) is 57.0 Å². The number of carbonyl (C=O) groups excluding carboxylic acids is 2. The van der Waals surface area contributed by atoms with Gasteiger partial charge in [0.2, 0.25) is 15.9 Å². The van der Waals surface area contributed by atoms with Crippen LogP contribution in [0.4, 0.5) is 11.4 Å². The van der Waals surface area contributed by atoms with Gasteiger partial charge in [-0.15, -0.1) is 0 Å². The van der Waals surface area contributed by atoms with E-state index in [1.807, 2.05) is 0 Å². The molecule has 0 spiro atoms. The van der Waals surface area contributed by atoms with Gasteiger partial charge < -0.3 is 10.1 Å². The Morgan fingerprint density at radius 3 is 2.21 bits per heavy atom. The van der Waals surface area contributed by atoms with Gasteiger partial charge in [-0.3, -0.25) is 9.10 Å². The van der Waals surface area contributed by atoms with Gasteiger partial charge in [0.15, 0.2) is 0 Å². The second-order valence-electron chi connectivity index (χ2n) is 5.63. The van der Waals surface area contributed by atoms with Crippen molar-refractivity contribution in [3.63, 3.8) is 0 Å². The summed E-state index contributed by atoms with van der Waals surface area (Å²) in [4.78, 5) is 24.1. The monoisotopic (exact) mass is 464 g/mol. The number of ether oxygens (including phenoxy) is 1. The summed E-state index contributed by atoms with van der Waals surface area (Å²) in [7, 11) is -2.61. The molecular weight excluding hydrogens is 451 g/mol. The van der Waals surface area contributed by atoms with E-state index in [2.05, 4.69) is 10.1 Å². The quantitative estimate of drug-likeness (QED) is 0.654. The van der Waals surface area contributed by atoms with Crippen LogP contribution in [0.25, 0.3) is 0 Å². The fourth-order valence-electron chi connectivity index (χ4n) is 2.27.